The van der Waals surface area contributed by atoms with Crippen LogP contribution in [0.4, 0.5) is 5.69 Å². The molecule has 1 saturated carbocycles. The van der Waals surface area contributed by atoms with Crippen molar-refractivity contribution in [2.24, 2.45) is 0 Å². The van der Waals surface area contributed by atoms with Gasteiger partial charge in [0, 0.05) is 5.92 Å². The minimum Gasteiger partial charge on any atom is -0.497 e. The summed E-state index contributed by atoms with van der Waals surface area (Å²) in [6.45, 7) is 0. The van der Waals surface area contributed by atoms with Gasteiger partial charge in [0.05, 0.1) is 30.4 Å². The first kappa shape index (κ1) is 10.2. The number of nitrogen functional groups attached to an aromatic ring is 1. The zero-order chi connectivity index (χ0) is 11.8. The van der Waals surface area contributed by atoms with Crippen molar-refractivity contribution in [2.75, 3.05) is 12.8 Å². The van der Waals surface area contributed by atoms with Gasteiger partial charge in [-0.25, -0.2) is 4.68 Å². The molecule has 2 N–H and O–H groups in total. The van der Waals surface area contributed by atoms with Crippen molar-refractivity contribution in [3.63, 3.8) is 0 Å². The maximum atomic E-state index is 5.97. The lowest BCUT2D eigenvalue weighted by Crippen LogP contribution is -2.02. The summed E-state index contributed by atoms with van der Waals surface area (Å²) in [6, 6.07) is 7.86. The molecule has 88 valence electrons. The molecule has 3 rings (SSSR count). The molecule has 0 bridgehead atoms. The van der Waals surface area contributed by atoms with Crippen molar-refractivity contribution in [3.05, 3.63) is 36.2 Å². The molecule has 1 aromatic carbocycles. The van der Waals surface area contributed by atoms with E-state index in [1.54, 1.807) is 13.3 Å². The van der Waals surface area contributed by atoms with Gasteiger partial charge in [-0.1, -0.05) is 0 Å². The third-order valence-electron chi connectivity index (χ3n) is 3.12. The van der Waals surface area contributed by atoms with Crippen LogP contribution in [0.1, 0.15) is 24.5 Å². The maximum Gasteiger partial charge on any atom is 0.119 e. The molecule has 0 atom stereocenters. The molecule has 0 aliphatic heterocycles. The van der Waals surface area contributed by atoms with Gasteiger partial charge in [0.2, 0.25) is 0 Å². The number of rotatable bonds is 3. The average molecular weight is 229 g/mol. The Kier molecular flexibility index (Phi) is 2.28. The first-order valence-electron chi connectivity index (χ1n) is 5.77. The quantitative estimate of drug-likeness (QED) is 0.878. The summed E-state index contributed by atoms with van der Waals surface area (Å²) in [6.07, 6.45) is 4.16. The number of hydrogen-bond donors (Lipinski definition) is 1. The molecular weight excluding hydrogens is 214 g/mol. The Morgan fingerprint density at radius 2 is 2.00 bits per heavy atom. The third-order valence-corrected chi connectivity index (χ3v) is 3.12. The molecule has 1 aliphatic carbocycles. The number of aromatic nitrogens is 2. The lowest BCUT2D eigenvalue weighted by Gasteiger charge is -2.08. The van der Waals surface area contributed by atoms with E-state index in [1.165, 1.54) is 12.8 Å². The van der Waals surface area contributed by atoms with Crippen molar-refractivity contribution in [2.45, 2.75) is 18.8 Å². The highest BCUT2D eigenvalue weighted by atomic mass is 16.5. The van der Waals surface area contributed by atoms with Gasteiger partial charge in [-0.05, 0) is 37.1 Å². The van der Waals surface area contributed by atoms with Crippen LogP contribution in [0.3, 0.4) is 0 Å². The molecule has 1 aliphatic rings. The second-order valence-corrected chi connectivity index (χ2v) is 4.37. The normalized spacial score (nSPS) is 14.9. The molecule has 0 unspecified atom stereocenters. The van der Waals surface area contributed by atoms with E-state index < -0.39 is 0 Å². The van der Waals surface area contributed by atoms with E-state index in [9.17, 15) is 0 Å². The summed E-state index contributed by atoms with van der Waals surface area (Å²) in [5.74, 6) is 1.43. The largest absolute Gasteiger partial charge is 0.497 e. The zero-order valence-electron chi connectivity index (χ0n) is 9.76. The van der Waals surface area contributed by atoms with E-state index in [2.05, 4.69) is 5.10 Å². The van der Waals surface area contributed by atoms with Crippen molar-refractivity contribution < 1.29 is 4.74 Å². The van der Waals surface area contributed by atoms with E-state index in [0.717, 1.165) is 22.8 Å². The lowest BCUT2D eigenvalue weighted by atomic mass is 10.2. The molecule has 1 heterocycles. The fourth-order valence-electron chi connectivity index (χ4n) is 2.07. The van der Waals surface area contributed by atoms with Crippen LogP contribution in [0.5, 0.6) is 5.75 Å². The molecule has 2 aromatic rings. The Hall–Kier alpha value is -1.97. The highest BCUT2D eigenvalue weighted by molar-refractivity contribution is 5.50. The predicted octanol–water partition coefficient (Wildman–Crippen LogP) is 2.34. The second kappa shape index (κ2) is 3.80. The summed E-state index contributed by atoms with van der Waals surface area (Å²) in [4.78, 5) is 0. The SMILES string of the molecule is COc1ccc(-n2ncc(N)c2C2CC2)cc1. The van der Waals surface area contributed by atoms with Gasteiger partial charge < -0.3 is 10.5 Å². The number of hydrogen-bond acceptors (Lipinski definition) is 3. The highest BCUT2D eigenvalue weighted by Gasteiger charge is 2.29. The molecule has 0 saturated heterocycles. The minimum atomic E-state index is 0.583. The van der Waals surface area contributed by atoms with Crippen LogP contribution in [-0.4, -0.2) is 16.9 Å². The number of nitrogens with two attached hydrogens (primary N) is 1. The van der Waals surface area contributed by atoms with Gasteiger partial charge >= 0.3 is 0 Å². The monoisotopic (exact) mass is 229 g/mol. The van der Waals surface area contributed by atoms with Gasteiger partial charge in [-0.2, -0.15) is 5.10 Å². The van der Waals surface area contributed by atoms with Crippen LogP contribution in [0.25, 0.3) is 5.69 Å². The van der Waals surface area contributed by atoms with Crippen molar-refractivity contribution in [3.8, 4) is 11.4 Å². The molecule has 17 heavy (non-hydrogen) atoms. The van der Waals surface area contributed by atoms with Crippen LogP contribution in [0.15, 0.2) is 30.5 Å². The van der Waals surface area contributed by atoms with E-state index in [0.29, 0.717) is 5.92 Å². The zero-order valence-corrected chi connectivity index (χ0v) is 9.76. The summed E-state index contributed by atoms with van der Waals surface area (Å²) < 4.78 is 7.08. The van der Waals surface area contributed by atoms with E-state index in [-0.39, 0.29) is 0 Å². The molecule has 0 spiro atoms. The molecule has 4 heteroatoms. The van der Waals surface area contributed by atoms with Gasteiger partial charge in [0.15, 0.2) is 0 Å². The molecule has 1 fully saturated rings. The summed E-state index contributed by atoms with van der Waals surface area (Å²) in [5.41, 5.74) is 8.94. The van der Waals surface area contributed by atoms with E-state index in [4.69, 9.17) is 10.5 Å². The molecule has 1 aromatic heterocycles. The van der Waals surface area contributed by atoms with Crippen LogP contribution < -0.4 is 10.5 Å². The number of nitrogens with zero attached hydrogens (tertiary/aromatic N) is 2. The molecule has 0 amide bonds. The number of benzene rings is 1. The molecule has 4 nitrogen and oxygen atoms in total. The van der Waals surface area contributed by atoms with Crippen molar-refractivity contribution in [1.29, 1.82) is 0 Å². The van der Waals surface area contributed by atoms with Gasteiger partial charge in [0.25, 0.3) is 0 Å². The highest BCUT2D eigenvalue weighted by Crippen LogP contribution is 2.43. The van der Waals surface area contributed by atoms with Crippen LogP contribution >= 0.6 is 0 Å². The summed E-state index contributed by atoms with van der Waals surface area (Å²) in [5, 5.41) is 4.35. The molecular formula is C13H15N3O. The fraction of sp³-hybridized carbons (Fsp3) is 0.308. The van der Waals surface area contributed by atoms with E-state index >= 15 is 0 Å². The first-order chi connectivity index (χ1) is 8.29. The third kappa shape index (κ3) is 1.75. The minimum absolute atomic E-state index is 0.583. The summed E-state index contributed by atoms with van der Waals surface area (Å²) >= 11 is 0. The Morgan fingerprint density at radius 3 is 2.59 bits per heavy atom. The Balaban J connectivity index is 2.02. The average Bonchev–Trinajstić information content (AvgIpc) is 3.13. The Morgan fingerprint density at radius 1 is 1.29 bits per heavy atom. The van der Waals surface area contributed by atoms with Gasteiger partial charge in [0.1, 0.15) is 5.75 Å². The van der Waals surface area contributed by atoms with Crippen LogP contribution in [-0.2, 0) is 0 Å². The lowest BCUT2D eigenvalue weighted by molar-refractivity contribution is 0.414. The second-order valence-electron chi connectivity index (χ2n) is 4.37. The summed E-state index contributed by atoms with van der Waals surface area (Å²) in [7, 11) is 1.66. The van der Waals surface area contributed by atoms with Crippen LogP contribution in [0, 0.1) is 0 Å². The van der Waals surface area contributed by atoms with Crippen molar-refractivity contribution >= 4 is 5.69 Å². The first-order valence-corrected chi connectivity index (χ1v) is 5.77. The number of anilines is 1. The predicted molar refractivity (Wildman–Crippen MR) is 66.5 cm³/mol. The van der Waals surface area contributed by atoms with Gasteiger partial charge in [-0.3, -0.25) is 0 Å². The number of methoxy groups -OCH3 is 1. The van der Waals surface area contributed by atoms with Gasteiger partial charge in [-0.15, -0.1) is 0 Å². The van der Waals surface area contributed by atoms with E-state index in [1.807, 2.05) is 28.9 Å². The Labute approximate surface area is 100 Å². The Bertz CT molecular complexity index is 526. The van der Waals surface area contributed by atoms with Crippen molar-refractivity contribution in [1.82, 2.24) is 9.78 Å². The fourth-order valence-corrected chi connectivity index (χ4v) is 2.07. The van der Waals surface area contributed by atoms with Crippen LogP contribution in [0.2, 0.25) is 0 Å². The smallest absolute Gasteiger partial charge is 0.119 e. The standard InChI is InChI=1S/C13H15N3O/c1-17-11-6-4-10(5-7-11)16-13(9-2-3-9)12(14)8-15-16/h4-9H,2-3,14H2,1H3. The molecule has 0 radical (unpaired) electrons. The topological polar surface area (TPSA) is 53.1 Å². The number of ether oxygens (including phenoxy) is 1. The maximum absolute atomic E-state index is 5.97.